The van der Waals surface area contributed by atoms with Crippen LogP contribution in [0.2, 0.25) is 0 Å². The van der Waals surface area contributed by atoms with E-state index in [2.05, 4.69) is 34.6 Å². The highest BCUT2D eigenvalue weighted by Gasteiger charge is 2.25. The molecule has 0 spiro atoms. The van der Waals surface area contributed by atoms with Gasteiger partial charge in [-0.3, -0.25) is 19.3 Å². The smallest absolute Gasteiger partial charge is 0.290 e. The molecule has 0 radical (unpaired) electrons. The predicted octanol–water partition coefficient (Wildman–Crippen LogP) is 2.86. The molecule has 3 rings (SSSR count). The Labute approximate surface area is 252 Å². The van der Waals surface area contributed by atoms with Crippen LogP contribution in [0.4, 0.5) is 8.78 Å². The topological polar surface area (TPSA) is 148 Å². The highest BCUT2D eigenvalue weighted by atomic mass is 19.1. The molecule has 0 aromatic heterocycles. The number of halogens is 2. The maximum absolute atomic E-state index is 13.8. The van der Waals surface area contributed by atoms with Crippen LogP contribution in [0.5, 0.6) is 0 Å². The van der Waals surface area contributed by atoms with E-state index >= 15 is 0 Å². The molecule has 5 N–H and O–H groups in total. The molecule has 2 aromatic carbocycles. The van der Waals surface area contributed by atoms with Gasteiger partial charge in [0.2, 0.25) is 5.91 Å². The Morgan fingerprint density at radius 3 is 2.23 bits per heavy atom. The Morgan fingerprint density at radius 1 is 1.05 bits per heavy atom. The normalized spacial score (nSPS) is 14.7. The Morgan fingerprint density at radius 2 is 1.65 bits per heavy atom. The lowest BCUT2D eigenvalue weighted by atomic mass is 9.94. The quantitative estimate of drug-likeness (QED) is 0.204. The van der Waals surface area contributed by atoms with Gasteiger partial charge in [-0.1, -0.05) is 31.2 Å². The van der Waals surface area contributed by atoms with E-state index in [0.29, 0.717) is 18.0 Å². The van der Waals surface area contributed by atoms with Gasteiger partial charge in [-0.05, 0) is 79.9 Å². The summed E-state index contributed by atoms with van der Waals surface area (Å²) in [4.78, 5) is 31.8. The van der Waals surface area contributed by atoms with Gasteiger partial charge in [0.15, 0.2) is 0 Å². The van der Waals surface area contributed by atoms with Crippen molar-refractivity contribution < 1.29 is 43.2 Å². The molecule has 1 fully saturated rings. The zero-order valence-corrected chi connectivity index (χ0v) is 24.9. The number of ether oxygens (including phenoxy) is 1. The Bertz CT molecular complexity index is 1060. The molecular formula is C31H45F2N3O7. The highest BCUT2D eigenvalue weighted by Crippen LogP contribution is 2.20. The zero-order chi connectivity index (χ0) is 32.0. The van der Waals surface area contributed by atoms with Crippen LogP contribution in [0.15, 0.2) is 42.5 Å². The number of carboxylic acid groups (broad SMARTS) is 2. The summed E-state index contributed by atoms with van der Waals surface area (Å²) < 4.78 is 32.8. The number of aliphatic hydroxyl groups excluding tert-OH is 1. The van der Waals surface area contributed by atoms with Crippen LogP contribution in [0.25, 0.3) is 0 Å². The van der Waals surface area contributed by atoms with E-state index in [-0.39, 0.29) is 38.4 Å². The van der Waals surface area contributed by atoms with Crippen molar-refractivity contribution in [1.29, 1.82) is 0 Å². The number of methoxy groups -OCH3 is 1. The molecule has 240 valence electrons. The van der Waals surface area contributed by atoms with Crippen LogP contribution in [-0.2, 0) is 38.5 Å². The van der Waals surface area contributed by atoms with Crippen LogP contribution in [0.1, 0.15) is 42.9 Å². The molecule has 1 amide bonds. The summed E-state index contributed by atoms with van der Waals surface area (Å²) in [5, 5.41) is 30.9. The van der Waals surface area contributed by atoms with E-state index in [4.69, 9.17) is 24.5 Å². The third-order valence-electron chi connectivity index (χ3n) is 7.08. The fourth-order valence-corrected chi connectivity index (χ4v) is 4.91. The second kappa shape index (κ2) is 22.1. The zero-order valence-electron chi connectivity index (χ0n) is 24.9. The number of amides is 1. The molecule has 1 aliphatic heterocycles. The van der Waals surface area contributed by atoms with Crippen molar-refractivity contribution in [3.05, 3.63) is 70.8 Å². The highest BCUT2D eigenvalue weighted by molar-refractivity contribution is 5.78. The van der Waals surface area contributed by atoms with Crippen LogP contribution < -0.4 is 10.6 Å². The number of likely N-dealkylation sites (tertiary alicyclic amines) is 1. The van der Waals surface area contributed by atoms with Gasteiger partial charge >= 0.3 is 0 Å². The molecule has 0 bridgehead atoms. The summed E-state index contributed by atoms with van der Waals surface area (Å²) in [7, 11) is 1.71. The number of piperidine rings is 1. The Hall–Kier alpha value is -3.45. The SMILES string of the molecule is CCc1cccc(CNC[C@@H](O)[C@H](Cc2cc(F)cc(F)c2)NC(=O)CN2CCC(CCOC)CC2)c1.O=CO.O=CO. The summed E-state index contributed by atoms with van der Waals surface area (Å²) in [6.45, 7) is 5.05. The lowest BCUT2D eigenvalue weighted by Gasteiger charge is -2.32. The number of carbonyl (C=O) groups is 3. The fourth-order valence-electron chi connectivity index (χ4n) is 4.91. The number of aryl methyl sites for hydroxylation is 1. The molecular weight excluding hydrogens is 564 g/mol. The molecule has 2 atom stereocenters. The second-order valence-corrected chi connectivity index (χ2v) is 10.2. The first-order chi connectivity index (χ1) is 20.7. The average Bonchev–Trinajstić information content (AvgIpc) is 2.97. The standard InChI is InChI=1S/C29H41F2N3O3.2CH2O2/c1-3-21-5-4-6-23(13-21)18-32-19-28(35)27(16-24-14-25(30)17-26(31)15-24)33-29(36)20-34-10-7-22(8-11-34)9-12-37-2;2*2-1-3/h4-6,13-15,17,22,27-28,32,35H,3,7-12,16,18-20H2,1-2H3,(H,33,36);2*1H,(H,2,3)/t27-,28+;;/m0../s1. The van der Waals surface area contributed by atoms with Gasteiger partial charge in [0, 0.05) is 32.9 Å². The summed E-state index contributed by atoms with van der Waals surface area (Å²) in [6, 6.07) is 10.8. The van der Waals surface area contributed by atoms with Crippen LogP contribution in [0.3, 0.4) is 0 Å². The van der Waals surface area contributed by atoms with Crippen molar-refractivity contribution in [1.82, 2.24) is 15.5 Å². The number of carbonyl (C=O) groups excluding carboxylic acids is 1. The molecule has 10 nitrogen and oxygen atoms in total. The second-order valence-electron chi connectivity index (χ2n) is 10.2. The molecule has 1 aliphatic rings. The van der Waals surface area contributed by atoms with Crippen molar-refractivity contribution in [3.8, 4) is 0 Å². The molecule has 2 aromatic rings. The minimum atomic E-state index is -0.940. The minimum Gasteiger partial charge on any atom is -0.483 e. The first kappa shape index (κ1) is 37.6. The summed E-state index contributed by atoms with van der Waals surface area (Å²) in [6.07, 6.45) is 3.20. The van der Waals surface area contributed by atoms with Crippen LogP contribution >= 0.6 is 0 Å². The molecule has 1 saturated heterocycles. The van der Waals surface area contributed by atoms with E-state index < -0.39 is 23.8 Å². The Kier molecular flexibility index (Phi) is 19.3. The summed E-state index contributed by atoms with van der Waals surface area (Å²) >= 11 is 0. The van der Waals surface area contributed by atoms with Gasteiger partial charge in [0.05, 0.1) is 18.7 Å². The monoisotopic (exact) mass is 609 g/mol. The van der Waals surface area contributed by atoms with E-state index in [1.807, 2.05) is 12.1 Å². The molecule has 1 heterocycles. The summed E-state index contributed by atoms with van der Waals surface area (Å²) in [5.41, 5.74) is 2.73. The lowest BCUT2D eigenvalue weighted by molar-refractivity contribution is -0.124. The van der Waals surface area contributed by atoms with Gasteiger partial charge in [-0.2, -0.15) is 0 Å². The third kappa shape index (κ3) is 16.1. The third-order valence-corrected chi connectivity index (χ3v) is 7.08. The molecule has 0 aliphatic carbocycles. The average molecular weight is 610 g/mol. The molecule has 0 unspecified atom stereocenters. The van der Waals surface area contributed by atoms with Crippen molar-refractivity contribution in [2.75, 3.05) is 39.9 Å². The number of aliphatic hydroxyl groups is 1. The van der Waals surface area contributed by atoms with Crippen LogP contribution in [-0.4, -0.2) is 91.1 Å². The van der Waals surface area contributed by atoms with Gasteiger partial charge in [-0.25, -0.2) is 8.78 Å². The van der Waals surface area contributed by atoms with Crippen molar-refractivity contribution in [2.24, 2.45) is 5.92 Å². The van der Waals surface area contributed by atoms with Crippen molar-refractivity contribution >= 4 is 18.9 Å². The Balaban J connectivity index is 0.00000142. The number of nitrogens with zero attached hydrogens (tertiary/aromatic N) is 1. The lowest BCUT2D eigenvalue weighted by Crippen LogP contribution is -2.51. The fraction of sp³-hybridized carbons (Fsp3) is 0.516. The number of benzene rings is 2. The number of hydrogen-bond donors (Lipinski definition) is 5. The first-order valence-corrected chi connectivity index (χ1v) is 14.3. The van der Waals surface area contributed by atoms with Gasteiger partial charge in [0.1, 0.15) is 11.6 Å². The first-order valence-electron chi connectivity index (χ1n) is 14.3. The molecule has 43 heavy (non-hydrogen) atoms. The number of rotatable bonds is 14. The van der Waals surface area contributed by atoms with E-state index in [9.17, 15) is 18.7 Å². The van der Waals surface area contributed by atoms with Gasteiger partial charge in [0.25, 0.3) is 12.9 Å². The maximum Gasteiger partial charge on any atom is 0.290 e. The molecule has 0 saturated carbocycles. The van der Waals surface area contributed by atoms with Crippen LogP contribution in [0, 0.1) is 17.6 Å². The maximum atomic E-state index is 13.8. The largest absolute Gasteiger partial charge is 0.483 e. The number of hydrogen-bond acceptors (Lipinski definition) is 7. The van der Waals surface area contributed by atoms with Gasteiger partial charge < -0.3 is 30.7 Å². The van der Waals surface area contributed by atoms with Crippen molar-refractivity contribution in [3.63, 3.8) is 0 Å². The van der Waals surface area contributed by atoms with E-state index in [0.717, 1.165) is 57.0 Å². The summed E-state index contributed by atoms with van der Waals surface area (Å²) in [5.74, 6) is -0.951. The van der Waals surface area contributed by atoms with Gasteiger partial charge in [-0.15, -0.1) is 0 Å². The van der Waals surface area contributed by atoms with Crippen molar-refractivity contribution in [2.45, 2.75) is 57.7 Å². The minimum absolute atomic E-state index is 0.119. The van der Waals surface area contributed by atoms with E-state index in [1.165, 1.54) is 17.7 Å². The predicted molar refractivity (Wildman–Crippen MR) is 159 cm³/mol. The van der Waals surface area contributed by atoms with E-state index in [1.54, 1.807) is 7.11 Å². The number of nitrogens with one attached hydrogen (secondary N) is 2. The molecule has 12 heteroatoms.